The Kier molecular flexibility index (Phi) is 3.39. The lowest BCUT2D eigenvalue weighted by Crippen LogP contribution is -2.19. The van der Waals surface area contributed by atoms with E-state index in [1.54, 1.807) is 6.07 Å². The van der Waals surface area contributed by atoms with Crippen molar-refractivity contribution >= 4 is 0 Å². The van der Waals surface area contributed by atoms with Crippen LogP contribution in [0.2, 0.25) is 0 Å². The Hall–Kier alpha value is -2.20. The van der Waals surface area contributed by atoms with E-state index in [1.807, 2.05) is 18.2 Å². The molecule has 0 fully saturated rings. The summed E-state index contributed by atoms with van der Waals surface area (Å²) in [5.74, 6) is 2.07. The molecule has 1 aliphatic carbocycles. The molecule has 2 aliphatic rings. The molecule has 1 aliphatic heterocycles. The zero-order chi connectivity index (χ0) is 14.9. The number of fused-ring (bicyclic) bond motifs is 2. The highest BCUT2D eigenvalue weighted by molar-refractivity contribution is 5.45. The van der Waals surface area contributed by atoms with Crippen LogP contribution in [0.1, 0.15) is 29.2 Å². The van der Waals surface area contributed by atoms with Gasteiger partial charge in [-0.05, 0) is 47.7 Å². The summed E-state index contributed by atoms with van der Waals surface area (Å²) in [6.45, 7) is 2.00. The van der Waals surface area contributed by atoms with E-state index in [1.165, 1.54) is 11.1 Å². The molecule has 0 amide bonds. The van der Waals surface area contributed by atoms with Crippen molar-refractivity contribution in [1.82, 2.24) is 5.32 Å². The van der Waals surface area contributed by atoms with Crippen molar-refractivity contribution in [2.24, 2.45) is 0 Å². The molecular weight excluding hydrogens is 278 g/mol. The summed E-state index contributed by atoms with van der Waals surface area (Å²) in [6, 6.07) is 12.2. The Morgan fingerprint density at radius 1 is 1.09 bits per heavy atom. The average molecular weight is 297 g/mol. The van der Waals surface area contributed by atoms with Crippen LogP contribution in [0, 0.1) is 0 Å². The smallest absolute Gasteiger partial charge is 0.161 e. The molecule has 0 saturated heterocycles. The first-order valence-corrected chi connectivity index (χ1v) is 7.74. The van der Waals surface area contributed by atoms with Crippen LogP contribution in [-0.4, -0.2) is 18.3 Å². The van der Waals surface area contributed by atoms with Crippen LogP contribution < -0.4 is 14.8 Å². The minimum atomic E-state index is 0.301. The Morgan fingerprint density at radius 2 is 1.95 bits per heavy atom. The van der Waals surface area contributed by atoms with Crippen LogP contribution >= 0.6 is 0 Å². The molecule has 1 atom stereocenters. The molecule has 0 aromatic heterocycles. The zero-order valence-electron chi connectivity index (χ0n) is 12.3. The monoisotopic (exact) mass is 297 g/mol. The summed E-state index contributed by atoms with van der Waals surface area (Å²) >= 11 is 0. The summed E-state index contributed by atoms with van der Waals surface area (Å²) in [6.07, 6.45) is 1.96. The second-order valence-corrected chi connectivity index (χ2v) is 5.80. The molecule has 22 heavy (non-hydrogen) atoms. The van der Waals surface area contributed by atoms with Crippen LogP contribution in [0.3, 0.4) is 0 Å². The van der Waals surface area contributed by atoms with E-state index in [4.69, 9.17) is 9.47 Å². The van der Waals surface area contributed by atoms with Crippen molar-refractivity contribution < 1.29 is 14.6 Å². The second kappa shape index (κ2) is 5.54. The molecule has 4 rings (SSSR count). The molecular formula is C18H19NO3. The van der Waals surface area contributed by atoms with Crippen molar-refractivity contribution in [3.05, 3.63) is 53.1 Å². The van der Waals surface area contributed by atoms with Crippen LogP contribution in [-0.2, 0) is 13.0 Å². The summed E-state index contributed by atoms with van der Waals surface area (Å²) in [5, 5.41) is 13.5. The van der Waals surface area contributed by atoms with Crippen LogP contribution in [0.15, 0.2) is 36.4 Å². The average Bonchev–Trinajstić information content (AvgIpc) is 2.97. The number of hydrogen-bond acceptors (Lipinski definition) is 4. The molecule has 0 radical (unpaired) electrons. The molecule has 0 bridgehead atoms. The number of phenols is 1. The number of ether oxygens (including phenoxy) is 2. The molecule has 0 spiro atoms. The molecule has 4 heteroatoms. The van der Waals surface area contributed by atoms with Gasteiger partial charge < -0.3 is 19.9 Å². The summed E-state index contributed by atoms with van der Waals surface area (Å²) in [7, 11) is 0. The molecule has 1 unspecified atom stereocenters. The fraction of sp³-hybridized carbons (Fsp3) is 0.333. The first-order chi connectivity index (χ1) is 10.8. The lowest BCUT2D eigenvalue weighted by molar-refractivity contribution is 0.171. The Bertz CT molecular complexity index is 699. The second-order valence-electron chi connectivity index (χ2n) is 5.80. The van der Waals surface area contributed by atoms with Gasteiger partial charge in [-0.1, -0.05) is 18.2 Å². The van der Waals surface area contributed by atoms with Crippen LogP contribution in [0.5, 0.6) is 17.2 Å². The van der Waals surface area contributed by atoms with Gasteiger partial charge >= 0.3 is 0 Å². The van der Waals surface area contributed by atoms with Crippen molar-refractivity contribution in [3.8, 4) is 17.2 Å². The standard InChI is InChI=1S/C18H19NO3/c20-16-3-1-2-13-14(16)5-6-15(13)19-11-12-4-7-17-18(10-12)22-9-8-21-17/h1-4,7,10,15,19-20H,5-6,8-9,11H2. The lowest BCUT2D eigenvalue weighted by Gasteiger charge is -2.20. The minimum absolute atomic E-state index is 0.301. The SMILES string of the molecule is Oc1cccc2c1CCC2NCc1ccc2c(c1)OCCO2. The summed E-state index contributed by atoms with van der Waals surface area (Å²) in [5.41, 5.74) is 3.48. The maximum absolute atomic E-state index is 9.91. The van der Waals surface area contributed by atoms with Crippen LogP contribution in [0.25, 0.3) is 0 Å². The number of benzene rings is 2. The number of hydrogen-bond donors (Lipinski definition) is 2. The number of aromatic hydroxyl groups is 1. The highest BCUT2D eigenvalue weighted by Gasteiger charge is 2.24. The van der Waals surface area contributed by atoms with Crippen LogP contribution in [0.4, 0.5) is 0 Å². The van der Waals surface area contributed by atoms with Gasteiger partial charge in [-0.15, -0.1) is 0 Å². The maximum Gasteiger partial charge on any atom is 0.161 e. The van der Waals surface area contributed by atoms with E-state index >= 15 is 0 Å². The van der Waals surface area contributed by atoms with Gasteiger partial charge in [0, 0.05) is 12.6 Å². The zero-order valence-corrected chi connectivity index (χ0v) is 12.3. The van der Waals surface area contributed by atoms with Gasteiger partial charge in [-0.25, -0.2) is 0 Å². The van der Waals surface area contributed by atoms with Gasteiger partial charge in [0.15, 0.2) is 11.5 Å². The highest BCUT2D eigenvalue weighted by Crippen LogP contribution is 2.36. The van der Waals surface area contributed by atoms with Gasteiger partial charge in [0.2, 0.25) is 0 Å². The first kappa shape index (κ1) is 13.5. The largest absolute Gasteiger partial charge is 0.508 e. The quantitative estimate of drug-likeness (QED) is 0.914. The van der Waals surface area contributed by atoms with Crippen molar-refractivity contribution in [3.63, 3.8) is 0 Å². The van der Waals surface area contributed by atoms with Gasteiger partial charge in [0.1, 0.15) is 19.0 Å². The number of phenolic OH excluding ortho intramolecular Hbond substituents is 1. The summed E-state index contributed by atoms with van der Waals surface area (Å²) in [4.78, 5) is 0. The third-order valence-electron chi connectivity index (χ3n) is 4.41. The summed E-state index contributed by atoms with van der Waals surface area (Å²) < 4.78 is 11.2. The fourth-order valence-corrected chi connectivity index (χ4v) is 3.29. The highest BCUT2D eigenvalue weighted by atomic mass is 16.6. The Balaban J connectivity index is 1.47. The molecule has 0 saturated carbocycles. The van der Waals surface area contributed by atoms with Crippen molar-refractivity contribution in [2.75, 3.05) is 13.2 Å². The fourth-order valence-electron chi connectivity index (χ4n) is 3.29. The normalized spacial score (nSPS) is 19.0. The van der Waals surface area contributed by atoms with E-state index in [0.29, 0.717) is 25.0 Å². The van der Waals surface area contributed by atoms with E-state index in [0.717, 1.165) is 36.4 Å². The maximum atomic E-state index is 9.91. The molecule has 2 N–H and O–H groups in total. The third kappa shape index (κ3) is 2.40. The van der Waals surface area contributed by atoms with E-state index in [2.05, 4.69) is 17.4 Å². The van der Waals surface area contributed by atoms with Gasteiger partial charge in [-0.2, -0.15) is 0 Å². The van der Waals surface area contributed by atoms with E-state index < -0.39 is 0 Å². The number of rotatable bonds is 3. The lowest BCUT2D eigenvalue weighted by atomic mass is 10.1. The van der Waals surface area contributed by atoms with Gasteiger partial charge in [0.25, 0.3) is 0 Å². The molecule has 2 aromatic rings. The van der Waals surface area contributed by atoms with Crippen molar-refractivity contribution in [2.45, 2.75) is 25.4 Å². The van der Waals surface area contributed by atoms with Gasteiger partial charge in [-0.3, -0.25) is 0 Å². The van der Waals surface area contributed by atoms with Crippen molar-refractivity contribution in [1.29, 1.82) is 0 Å². The Morgan fingerprint density at radius 3 is 2.86 bits per heavy atom. The first-order valence-electron chi connectivity index (χ1n) is 7.74. The molecule has 114 valence electrons. The molecule has 1 heterocycles. The van der Waals surface area contributed by atoms with E-state index in [9.17, 15) is 5.11 Å². The van der Waals surface area contributed by atoms with Gasteiger partial charge in [0.05, 0.1) is 0 Å². The molecule has 2 aromatic carbocycles. The van der Waals surface area contributed by atoms with E-state index in [-0.39, 0.29) is 0 Å². The topological polar surface area (TPSA) is 50.7 Å². The minimum Gasteiger partial charge on any atom is -0.508 e. The third-order valence-corrected chi connectivity index (χ3v) is 4.41. The predicted molar refractivity (Wildman–Crippen MR) is 83.4 cm³/mol. The number of nitrogens with one attached hydrogen (secondary N) is 1. The molecule has 4 nitrogen and oxygen atoms in total. The Labute approximate surface area is 129 Å². The predicted octanol–water partition coefficient (Wildman–Crippen LogP) is 2.94.